The minimum absolute atomic E-state index is 0.0156. The average molecular weight is 503 g/mol. The first-order valence-corrected chi connectivity index (χ1v) is 13.5. The van der Waals surface area contributed by atoms with Crippen LogP contribution in [-0.4, -0.2) is 22.9 Å². The number of carbonyl (C=O) groups excluding carboxylic acids is 2. The number of carbonyl (C=O) groups is 2. The van der Waals surface area contributed by atoms with Crippen LogP contribution in [0.4, 0.5) is 0 Å². The van der Waals surface area contributed by atoms with Gasteiger partial charge in [0.2, 0.25) is 5.91 Å². The van der Waals surface area contributed by atoms with Crippen LogP contribution < -0.4 is 5.32 Å². The Morgan fingerprint density at radius 1 is 1.00 bits per heavy atom. The van der Waals surface area contributed by atoms with Crippen molar-refractivity contribution >= 4 is 11.9 Å². The van der Waals surface area contributed by atoms with Crippen LogP contribution in [0.2, 0.25) is 0 Å². The summed E-state index contributed by atoms with van der Waals surface area (Å²) in [7, 11) is 0. The summed E-state index contributed by atoms with van der Waals surface area (Å²) in [4.78, 5) is 30.0. The number of nitrogens with zero attached hydrogens (tertiary/aromatic N) is 1. The predicted octanol–water partition coefficient (Wildman–Crippen LogP) is 6.45. The first-order chi connectivity index (χ1) is 18.0. The molecule has 0 aliphatic heterocycles. The number of esters is 1. The van der Waals surface area contributed by atoms with Gasteiger partial charge in [-0.15, -0.1) is 0 Å². The van der Waals surface area contributed by atoms with Gasteiger partial charge in [-0.3, -0.25) is 9.59 Å². The van der Waals surface area contributed by atoms with E-state index in [1.54, 1.807) is 13.1 Å². The summed E-state index contributed by atoms with van der Waals surface area (Å²) >= 11 is 0. The van der Waals surface area contributed by atoms with Gasteiger partial charge < -0.3 is 14.5 Å². The highest BCUT2D eigenvalue weighted by Gasteiger charge is 2.45. The van der Waals surface area contributed by atoms with Crippen molar-refractivity contribution in [3.63, 3.8) is 0 Å². The molecule has 0 bridgehead atoms. The van der Waals surface area contributed by atoms with E-state index in [2.05, 4.69) is 24.1 Å². The summed E-state index contributed by atoms with van der Waals surface area (Å²) < 4.78 is 12.0. The predicted molar refractivity (Wildman–Crippen MR) is 143 cm³/mol. The highest BCUT2D eigenvalue weighted by atomic mass is 16.5. The van der Waals surface area contributed by atoms with Gasteiger partial charge in [0, 0.05) is 18.9 Å². The van der Waals surface area contributed by atoms with E-state index in [1.807, 2.05) is 60.7 Å². The van der Waals surface area contributed by atoms with Crippen molar-refractivity contribution in [1.29, 1.82) is 0 Å². The van der Waals surface area contributed by atoms with E-state index < -0.39 is 6.10 Å². The van der Waals surface area contributed by atoms with E-state index in [9.17, 15) is 9.59 Å². The molecule has 0 unspecified atom stereocenters. The molecular formula is C31H38N2O4. The molecule has 2 aromatic carbocycles. The summed E-state index contributed by atoms with van der Waals surface area (Å²) in [6, 6.07) is 19.7. The summed E-state index contributed by atoms with van der Waals surface area (Å²) in [6.45, 7) is 5.94. The van der Waals surface area contributed by atoms with Crippen molar-refractivity contribution in [1.82, 2.24) is 10.3 Å². The van der Waals surface area contributed by atoms with Crippen molar-refractivity contribution in [3.8, 4) is 0 Å². The monoisotopic (exact) mass is 502 g/mol. The summed E-state index contributed by atoms with van der Waals surface area (Å²) in [5.41, 5.74) is 1.88. The third kappa shape index (κ3) is 6.68. The number of rotatable bonds is 11. The maximum Gasteiger partial charge on any atom is 0.309 e. The van der Waals surface area contributed by atoms with Gasteiger partial charge in [-0.1, -0.05) is 87.4 Å². The van der Waals surface area contributed by atoms with Gasteiger partial charge >= 0.3 is 5.97 Å². The molecule has 1 saturated carbocycles. The van der Waals surface area contributed by atoms with E-state index in [1.165, 1.54) is 6.39 Å². The molecule has 1 N–H and O–H groups in total. The Bertz CT molecular complexity index is 1070. The van der Waals surface area contributed by atoms with E-state index in [0.717, 1.165) is 36.1 Å². The average Bonchev–Trinajstić information content (AvgIpc) is 3.61. The molecule has 6 heteroatoms. The quantitative estimate of drug-likeness (QED) is 0.305. The van der Waals surface area contributed by atoms with Crippen molar-refractivity contribution in [2.24, 2.45) is 17.8 Å². The molecule has 3 aromatic rings. The lowest BCUT2D eigenvalue weighted by atomic mass is 9.81. The van der Waals surface area contributed by atoms with Crippen LogP contribution in [0.3, 0.4) is 0 Å². The van der Waals surface area contributed by atoms with Gasteiger partial charge in [0.15, 0.2) is 12.5 Å². The topological polar surface area (TPSA) is 81.4 Å². The van der Waals surface area contributed by atoms with Crippen molar-refractivity contribution < 1.29 is 18.7 Å². The van der Waals surface area contributed by atoms with Crippen molar-refractivity contribution in [3.05, 3.63) is 90.1 Å². The third-order valence-electron chi connectivity index (χ3n) is 7.85. The lowest BCUT2D eigenvalue weighted by Gasteiger charge is -2.31. The Kier molecular flexibility index (Phi) is 9.15. The van der Waals surface area contributed by atoms with Gasteiger partial charge in [-0.2, -0.15) is 0 Å². The number of aromatic nitrogens is 1. The molecule has 1 aliphatic carbocycles. The van der Waals surface area contributed by atoms with Crippen LogP contribution in [0.1, 0.15) is 81.8 Å². The second-order valence-electron chi connectivity index (χ2n) is 10.2. The van der Waals surface area contributed by atoms with Crippen LogP contribution in [0, 0.1) is 17.8 Å². The van der Waals surface area contributed by atoms with Gasteiger partial charge in [-0.05, 0) is 42.2 Å². The second-order valence-corrected chi connectivity index (χ2v) is 10.2. The van der Waals surface area contributed by atoms with Crippen molar-refractivity contribution in [2.75, 3.05) is 0 Å². The first kappa shape index (κ1) is 26.6. The molecule has 4 rings (SSSR count). The van der Waals surface area contributed by atoms with Gasteiger partial charge in [-0.25, -0.2) is 4.98 Å². The zero-order valence-electron chi connectivity index (χ0n) is 22.0. The Hall–Kier alpha value is -3.41. The minimum atomic E-state index is -0.478. The highest BCUT2D eigenvalue weighted by molar-refractivity contribution is 5.74. The molecule has 1 fully saturated rings. The fourth-order valence-corrected chi connectivity index (χ4v) is 5.82. The normalized spacial score (nSPS) is 20.2. The molecule has 1 aromatic heterocycles. The van der Waals surface area contributed by atoms with Crippen LogP contribution in [-0.2, 0) is 14.3 Å². The number of benzene rings is 2. The molecular weight excluding hydrogens is 464 g/mol. The van der Waals surface area contributed by atoms with Crippen molar-refractivity contribution in [2.45, 2.75) is 70.9 Å². The lowest BCUT2D eigenvalue weighted by Crippen LogP contribution is -2.41. The molecule has 1 aliphatic rings. The number of oxazole rings is 1. The smallest absolute Gasteiger partial charge is 0.309 e. The zero-order chi connectivity index (χ0) is 26.2. The molecule has 4 atom stereocenters. The maximum absolute atomic E-state index is 13.7. The minimum Gasteiger partial charge on any atom is -0.452 e. The molecule has 196 valence electrons. The van der Waals surface area contributed by atoms with Crippen LogP contribution in [0.15, 0.2) is 77.7 Å². The van der Waals surface area contributed by atoms with E-state index in [-0.39, 0.29) is 35.7 Å². The second kappa shape index (κ2) is 12.7. The molecule has 0 radical (unpaired) electrons. The number of nitrogens with one attached hydrogen (secondary N) is 1. The first-order valence-electron chi connectivity index (χ1n) is 13.5. The molecule has 1 heterocycles. The van der Waals surface area contributed by atoms with Gasteiger partial charge in [0.25, 0.3) is 0 Å². The van der Waals surface area contributed by atoms with Gasteiger partial charge in [0.05, 0.1) is 12.1 Å². The van der Waals surface area contributed by atoms with E-state index in [0.29, 0.717) is 18.8 Å². The Balaban J connectivity index is 1.59. The molecule has 37 heavy (non-hydrogen) atoms. The third-order valence-corrected chi connectivity index (χ3v) is 7.85. The summed E-state index contributed by atoms with van der Waals surface area (Å²) in [5, 5.41) is 3.21. The van der Waals surface area contributed by atoms with Crippen LogP contribution in [0.25, 0.3) is 0 Å². The highest BCUT2D eigenvalue weighted by Crippen LogP contribution is 2.47. The summed E-state index contributed by atoms with van der Waals surface area (Å²) in [6.07, 6.45) is 6.91. The standard InChI is InChI=1S/C31H38N2O4/c1-4-22(5-2)16-28(33-21(3)34)26-17-25(18-27(26)29-19-32-20-36-29)31(35)37-30(23-12-8-6-9-13-23)24-14-10-7-11-15-24/h6-15,19-20,22,25-28,30H,4-5,16-18H2,1-3H3,(H,33,34)/t25-,26-,27-,28+/m1/s1. The molecule has 0 spiro atoms. The zero-order valence-corrected chi connectivity index (χ0v) is 22.0. The fraction of sp³-hybridized carbons (Fsp3) is 0.452. The van der Waals surface area contributed by atoms with E-state index >= 15 is 0 Å². The lowest BCUT2D eigenvalue weighted by molar-refractivity contribution is -0.152. The Morgan fingerprint density at radius 3 is 2.14 bits per heavy atom. The molecule has 0 saturated heterocycles. The number of amides is 1. The molecule has 6 nitrogen and oxygen atoms in total. The maximum atomic E-state index is 13.7. The number of ether oxygens (including phenoxy) is 1. The Labute approximate surface area is 219 Å². The fourth-order valence-electron chi connectivity index (χ4n) is 5.82. The Morgan fingerprint density at radius 2 is 1.62 bits per heavy atom. The SMILES string of the molecule is CCC(CC)C[C@H](NC(C)=O)[C@@H]1C[C@@H](C(=O)OC(c2ccccc2)c2ccccc2)C[C@H]1c1cnco1. The molecule has 1 amide bonds. The van der Waals surface area contributed by atoms with Crippen LogP contribution >= 0.6 is 0 Å². The largest absolute Gasteiger partial charge is 0.452 e. The van der Waals surface area contributed by atoms with Gasteiger partial charge in [0.1, 0.15) is 5.76 Å². The van der Waals surface area contributed by atoms with Crippen LogP contribution in [0.5, 0.6) is 0 Å². The number of hydrogen-bond donors (Lipinski definition) is 1. The van der Waals surface area contributed by atoms with E-state index in [4.69, 9.17) is 9.15 Å². The summed E-state index contributed by atoms with van der Waals surface area (Å²) in [5.74, 6) is 0.745. The number of hydrogen-bond acceptors (Lipinski definition) is 5.